The zero-order chi connectivity index (χ0) is 15.2. The molecule has 2 aromatic rings. The molecule has 2 rings (SSSR count). The van der Waals surface area contributed by atoms with Gasteiger partial charge in [0.2, 0.25) is 0 Å². The van der Waals surface area contributed by atoms with Gasteiger partial charge in [0.15, 0.2) is 0 Å². The second-order valence-corrected chi connectivity index (χ2v) is 5.83. The minimum Gasteiger partial charge on any atom is -0.493 e. The van der Waals surface area contributed by atoms with E-state index in [9.17, 15) is 0 Å². The molecule has 112 valence electrons. The van der Waals surface area contributed by atoms with Crippen molar-refractivity contribution >= 4 is 11.6 Å². The van der Waals surface area contributed by atoms with Crippen molar-refractivity contribution in [2.45, 2.75) is 26.2 Å². The summed E-state index contributed by atoms with van der Waals surface area (Å²) in [4.78, 5) is 0. The number of ether oxygens (including phenoxy) is 1. The van der Waals surface area contributed by atoms with Crippen LogP contribution in [0.25, 0.3) is 0 Å². The predicted octanol–water partition coefficient (Wildman–Crippen LogP) is 4.47. The monoisotopic (exact) mass is 303 g/mol. The molecule has 0 aliphatic rings. The van der Waals surface area contributed by atoms with Crippen molar-refractivity contribution in [2.24, 2.45) is 5.73 Å². The van der Waals surface area contributed by atoms with E-state index in [-0.39, 0.29) is 0 Å². The van der Waals surface area contributed by atoms with Crippen LogP contribution >= 0.6 is 11.6 Å². The minimum absolute atomic E-state index is 0.332. The van der Waals surface area contributed by atoms with Gasteiger partial charge in [-0.15, -0.1) is 0 Å². The van der Waals surface area contributed by atoms with E-state index in [0.717, 1.165) is 22.8 Å². The van der Waals surface area contributed by atoms with Gasteiger partial charge in [0.05, 0.1) is 6.61 Å². The van der Waals surface area contributed by atoms with Gasteiger partial charge in [0.25, 0.3) is 0 Å². The molecule has 0 heterocycles. The normalized spacial score (nSPS) is 12.2. The molecule has 2 nitrogen and oxygen atoms in total. The second-order valence-electron chi connectivity index (χ2n) is 5.39. The third-order valence-electron chi connectivity index (χ3n) is 3.69. The molecule has 0 saturated heterocycles. The van der Waals surface area contributed by atoms with E-state index in [2.05, 4.69) is 31.2 Å². The highest BCUT2D eigenvalue weighted by atomic mass is 35.5. The maximum atomic E-state index is 5.94. The number of aryl methyl sites for hydroxylation is 2. The number of benzene rings is 2. The van der Waals surface area contributed by atoms with Crippen molar-refractivity contribution in [3.63, 3.8) is 0 Å². The summed E-state index contributed by atoms with van der Waals surface area (Å²) in [5.41, 5.74) is 9.50. The highest BCUT2D eigenvalue weighted by Gasteiger charge is 2.10. The summed E-state index contributed by atoms with van der Waals surface area (Å²) in [6.07, 6.45) is 0.904. The van der Waals surface area contributed by atoms with Gasteiger partial charge in [0, 0.05) is 5.02 Å². The van der Waals surface area contributed by atoms with Crippen LogP contribution in [0.3, 0.4) is 0 Å². The highest BCUT2D eigenvalue weighted by Crippen LogP contribution is 2.24. The lowest BCUT2D eigenvalue weighted by molar-refractivity contribution is 0.296. The van der Waals surface area contributed by atoms with E-state index in [1.54, 1.807) is 0 Å². The maximum absolute atomic E-state index is 5.94. The van der Waals surface area contributed by atoms with Crippen LogP contribution in [0.1, 0.15) is 29.0 Å². The van der Waals surface area contributed by atoms with E-state index in [4.69, 9.17) is 22.1 Å². The fourth-order valence-electron chi connectivity index (χ4n) is 2.35. The zero-order valence-corrected chi connectivity index (χ0v) is 13.4. The summed E-state index contributed by atoms with van der Waals surface area (Å²) in [6, 6.07) is 14.2. The lowest BCUT2D eigenvalue weighted by Gasteiger charge is -2.16. The Labute approximate surface area is 131 Å². The number of hydrogen-bond donors (Lipinski definition) is 1. The Hall–Kier alpha value is -1.51. The van der Waals surface area contributed by atoms with Gasteiger partial charge in [-0.2, -0.15) is 0 Å². The van der Waals surface area contributed by atoms with E-state index < -0.39 is 0 Å². The largest absolute Gasteiger partial charge is 0.493 e. The third-order valence-corrected chi connectivity index (χ3v) is 3.93. The van der Waals surface area contributed by atoms with Gasteiger partial charge >= 0.3 is 0 Å². The topological polar surface area (TPSA) is 35.2 Å². The second kappa shape index (κ2) is 7.48. The molecule has 3 heteroatoms. The standard InChI is InChI=1S/C18H22ClNO/c1-13-3-5-15(6-4-13)16(12-20)9-10-21-18-8-7-17(19)11-14(18)2/h3-8,11,16H,9-10,12,20H2,1-2H3. The smallest absolute Gasteiger partial charge is 0.122 e. The minimum atomic E-state index is 0.332. The molecule has 21 heavy (non-hydrogen) atoms. The van der Waals surface area contributed by atoms with Crippen LogP contribution in [0.2, 0.25) is 5.02 Å². The van der Waals surface area contributed by atoms with Gasteiger partial charge in [-0.3, -0.25) is 0 Å². The van der Waals surface area contributed by atoms with Crippen LogP contribution in [-0.2, 0) is 0 Å². The first-order valence-electron chi connectivity index (χ1n) is 7.25. The fourth-order valence-corrected chi connectivity index (χ4v) is 2.57. The lowest BCUT2D eigenvalue weighted by Crippen LogP contribution is -2.15. The van der Waals surface area contributed by atoms with Gasteiger partial charge in [-0.25, -0.2) is 0 Å². The fraction of sp³-hybridized carbons (Fsp3) is 0.333. The Morgan fingerprint density at radius 3 is 2.43 bits per heavy atom. The van der Waals surface area contributed by atoms with Gasteiger partial charge in [0.1, 0.15) is 5.75 Å². The summed E-state index contributed by atoms with van der Waals surface area (Å²) in [6.45, 7) is 5.37. The van der Waals surface area contributed by atoms with Crippen LogP contribution in [0.15, 0.2) is 42.5 Å². The number of halogens is 1. The summed E-state index contributed by atoms with van der Waals surface area (Å²) in [7, 11) is 0. The first kappa shape index (κ1) is 15.9. The molecule has 1 unspecified atom stereocenters. The van der Waals surface area contributed by atoms with Crippen molar-refractivity contribution in [2.75, 3.05) is 13.2 Å². The van der Waals surface area contributed by atoms with Crippen LogP contribution in [0.4, 0.5) is 0 Å². The summed E-state index contributed by atoms with van der Waals surface area (Å²) < 4.78 is 5.86. The third kappa shape index (κ3) is 4.48. The van der Waals surface area contributed by atoms with E-state index >= 15 is 0 Å². The molecule has 1 atom stereocenters. The van der Waals surface area contributed by atoms with Gasteiger partial charge < -0.3 is 10.5 Å². The number of nitrogens with two attached hydrogens (primary N) is 1. The SMILES string of the molecule is Cc1ccc(C(CN)CCOc2ccc(Cl)cc2C)cc1. The number of rotatable bonds is 6. The molecular weight excluding hydrogens is 282 g/mol. The predicted molar refractivity (Wildman–Crippen MR) is 89.3 cm³/mol. The molecular formula is C18H22ClNO. The molecule has 0 aliphatic carbocycles. The molecule has 2 N–H and O–H groups in total. The molecule has 0 radical (unpaired) electrons. The Morgan fingerprint density at radius 1 is 1.10 bits per heavy atom. The van der Waals surface area contributed by atoms with Crippen LogP contribution < -0.4 is 10.5 Å². The molecule has 0 aliphatic heterocycles. The molecule has 0 amide bonds. The Kier molecular flexibility index (Phi) is 5.66. The van der Waals surface area contributed by atoms with Crippen molar-refractivity contribution in [1.82, 2.24) is 0 Å². The van der Waals surface area contributed by atoms with Crippen molar-refractivity contribution in [1.29, 1.82) is 0 Å². The van der Waals surface area contributed by atoms with Gasteiger partial charge in [-0.05, 0) is 62.1 Å². The molecule has 0 spiro atoms. The van der Waals surface area contributed by atoms with Crippen molar-refractivity contribution in [3.05, 3.63) is 64.2 Å². The maximum Gasteiger partial charge on any atom is 0.122 e. The first-order chi connectivity index (χ1) is 10.1. The molecule has 0 fully saturated rings. The Bertz CT molecular complexity index is 580. The molecule has 0 aromatic heterocycles. The quantitative estimate of drug-likeness (QED) is 0.854. The molecule has 2 aromatic carbocycles. The zero-order valence-electron chi connectivity index (χ0n) is 12.6. The lowest BCUT2D eigenvalue weighted by atomic mass is 9.95. The van der Waals surface area contributed by atoms with Crippen LogP contribution in [0.5, 0.6) is 5.75 Å². The average Bonchev–Trinajstić information content (AvgIpc) is 2.47. The molecule has 0 bridgehead atoms. The summed E-state index contributed by atoms with van der Waals surface area (Å²) in [5, 5.41) is 0.736. The highest BCUT2D eigenvalue weighted by molar-refractivity contribution is 6.30. The molecule has 0 saturated carbocycles. The van der Waals surface area contributed by atoms with E-state index in [1.165, 1.54) is 11.1 Å². The van der Waals surface area contributed by atoms with Crippen LogP contribution in [-0.4, -0.2) is 13.2 Å². The van der Waals surface area contributed by atoms with E-state index in [1.807, 2.05) is 25.1 Å². The average molecular weight is 304 g/mol. The Balaban J connectivity index is 1.93. The van der Waals surface area contributed by atoms with Crippen LogP contribution in [0, 0.1) is 13.8 Å². The van der Waals surface area contributed by atoms with Crippen molar-refractivity contribution < 1.29 is 4.74 Å². The van der Waals surface area contributed by atoms with Crippen molar-refractivity contribution in [3.8, 4) is 5.75 Å². The van der Waals surface area contributed by atoms with E-state index in [0.29, 0.717) is 19.1 Å². The summed E-state index contributed by atoms with van der Waals surface area (Å²) >= 11 is 5.94. The number of hydrogen-bond acceptors (Lipinski definition) is 2. The van der Waals surface area contributed by atoms with Gasteiger partial charge in [-0.1, -0.05) is 41.4 Å². The Morgan fingerprint density at radius 2 is 1.81 bits per heavy atom. The first-order valence-corrected chi connectivity index (χ1v) is 7.63. The summed E-state index contributed by atoms with van der Waals surface area (Å²) in [5.74, 6) is 1.22.